The number of carbonyl (C=O) groups excluding carboxylic acids is 2. The van der Waals surface area contributed by atoms with Crippen LogP contribution in [0.15, 0.2) is 85.1 Å². The number of methoxy groups -OCH3 is 3. The van der Waals surface area contributed by atoms with Crippen LogP contribution in [-0.4, -0.2) is 55.8 Å². The predicted octanol–water partition coefficient (Wildman–Crippen LogP) is 6.27. The Morgan fingerprint density at radius 1 is 0.833 bits per heavy atom. The standard InChI is InChI=1S/C33H36N4O5/c1-5-6-17-35(33(39)34-24-19-26(41-3)21-27(20-24)42-4)22-31(38)37-29-11-8-7-10-28(29)36-18-9-12-30(36)32(37)23-13-15-25(40-2)16-14-23/h7-16,18-21,32H,5-6,17,22H2,1-4H3,(H,34,39). The van der Waals surface area contributed by atoms with Crippen molar-refractivity contribution in [3.05, 3.63) is 96.3 Å². The topological polar surface area (TPSA) is 85.3 Å². The van der Waals surface area contributed by atoms with E-state index in [4.69, 9.17) is 14.2 Å². The lowest BCUT2D eigenvalue weighted by atomic mass is 9.97. The summed E-state index contributed by atoms with van der Waals surface area (Å²) in [7, 11) is 4.74. The fraction of sp³-hybridized carbons (Fsp3) is 0.273. The van der Waals surface area contributed by atoms with E-state index >= 15 is 0 Å². The molecule has 5 rings (SSSR count). The second kappa shape index (κ2) is 12.7. The minimum atomic E-state index is -0.396. The van der Waals surface area contributed by atoms with Crippen molar-refractivity contribution in [3.8, 4) is 22.9 Å². The number of aromatic nitrogens is 1. The van der Waals surface area contributed by atoms with Gasteiger partial charge in [0.15, 0.2) is 0 Å². The molecular formula is C33H36N4O5. The lowest BCUT2D eigenvalue weighted by Gasteiger charge is -2.39. The number of ether oxygens (including phenoxy) is 3. The fourth-order valence-corrected chi connectivity index (χ4v) is 5.29. The summed E-state index contributed by atoms with van der Waals surface area (Å²) in [5.41, 5.74) is 4.10. The summed E-state index contributed by atoms with van der Waals surface area (Å²) in [4.78, 5) is 31.3. The second-order valence-corrected chi connectivity index (χ2v) is 10.0. The summed E-state index contributed by atoms with van der Waals surface area (Å²) >= 11 is 0. The quantitative estimate of drug-likeness (QED) is 0.244. The third-order valence-corrected chi connectivity index (χ3v) is 7.42. The molecule has 1 atom stereocenters. The van der Waals surface area contributed by atoms with Crippen molar-refractivity contribution in [1.29, 1.82) is 0 Å². The van der Waals surface area contributed by atoms with Gasteiger partial charge in [0.25, 0.3) is 0 Å². The van der Waals surface area contributed by atoms with Crippen molar-refractivity contribution in [2.24, 2.45) is 0 Å². The maximum absolute atomic E-state index is 14.4. The minimum Gasteiger partial charge on any atom is -0.497 e. The van der Waals surface area contributed by atoms with Gasteiger partial charge in [0, 0.05) is 36.6 Å². The molecule has 0 radical (unpaired) electrons. The molecule has 1 N–H and O–H groups in total. The molecular weight excluding hydrogens is 532 g/mol. The Morgan fingerprint density at radius 3 is 2.14 bits per heavy atom. The third-order valence-electron chi connectivity index (χ3n) is 7.42. The number of anilines is 2. The van der Waals surface area contributed by atoms with E-state index in [-0.39, 0.29) is 18.5 Å². The Morgan fingerprint density at radius 2 is 1.50 bits per heavy atom. The third kappa shape index (κ3) is 5.76. The van der Waals surface area contributed by atoms with Crippen molar-refractivity contribution < 1.29 is 23.8 Å². The Labute approximate surface area is 246 Å². The van der Waals surface area contributed by atoms with Crippen LogP contribution in [0.3, 0.4) is 0 Å². The first kappa shape index (κ1) is 28.6. The van der Waals surface area contributed by atoms with Crippen molar-refractivity contribution in [1.82, 2.24) is 9.47 Å². The van der Waals surface area contributed by atoms with Crippen LogP contribution >= 0.6 is 0 Å². The molecule has 0 spiro atoms. The Balaban J connectivity index is 1.49. The number of fused-ring (bicyclic) bond motifs is 3. The Hall–Kier alpha value is -4.92. The average Bonchev–Trinajstić information content (AvgIpc) is 3.52. The van der Waals surface area contributed by atoms with E-state index in [1.54, 1.807) is 44.4 Å². The number of nitrogens with one attached hydrogen (secondary N) is 1. The molecule has 0 fully saturated rings. The van der Waals surface area contributed by atoms with Gasteiger partial charge in [-0.15, -0.1) is 0 Å². The molecule has 4 aromatic rings. The number of amides is 3. The van der Waals surface area contributed by atoms with Gasteiger partial charge in [0.05, 0.1) is 38.4 Å². The van der Waals surface area contributed by atoms with Crippen molar-refractivity contribution in [2.45, 2.75) is 25.8 Å². The molecule has 3 amide bonds. The highest BCUT2D eigenvalue weighted by Crippen LogP contribution is 2.42. The Bertz CT molecular complexity index is 1530. The summed E-state index contributed by atoms with van der Waals surface area (Å²) in [6, 6.07) is 24.0. The molecule has 0 saturated carbocycles. The van der Waals surface area contributed by atoms with Crippen LogP contribution in [-0.2, 0) is 4.79 Å². The number of carbonyl (C=O) groups is 2. The van der Waals surface area contributed by atoms with Gasteiger partial charge in [-0.25, -0.2) is 4.79 Å². The number of para-hydroxylation sites is 2. The molecule has 1 aliphatic heterocycles. The van der Waals surface area contributed by atoms with Crippen molar-refractivity contribution in [2.75, 3.05) is 44.6 Å². The number of urea groups is 1. The normalized spacial score (nSPS) is 13.5. The fourth-order valence-electron chi connectivity index (χ4n) is 5.29. The lowest BCUT2D eigenvalue weighted by molar-refractivity contribution is -0.119. The highest BCUT2D eigenvalue weighted by molar-refractivity contribution is 6.01. The van der Waals surface area contributed by atoms with E-state index in [1.807, 2.05) is 71.8 Å². The summed E-state index contributed by atoms with van der Waals surface area (Å²) in [5.74, 6) is 1.65. The van der Waals surface area contributed by atoms with Gasteiger partial charge in [-0.3, -0.25) is 9.69 Å². The highest BCUT2D eigenvalue weighted by atomic mass is 16.5. The molecule has 9 nitrogen and oxygen atoms in total. The predicted molar refractivity (Wildman–Crippen MR) is 163 cm³/mol. The van der Waals surface area contributed by atoms with Gasteiger partial charge in [0.1, 0.15) is 29.8 Å². The average molecular weight is 569 g/mol. The Kier molecular flexibility index (Phi) is 8.66. The molecule has 0 aliphatic carbocycles. The smallest absolute Gasteiger partial charge is 0.322 e. The maximum atomic E-state index is 14.4. The molecule has 0 bridgehead atoms. The second-order valence-electron chi connectivity index (χ2n) is 10.0. The van der Waals surface area contributed by atoms with Gasteiger partial charge in [0.2, 0.25) is 5.91 Å². The van der Waals surface area contributed by atoms with Gasteiger partial charge >= 0.3 is 6.03 Å². The van der Waals surface area contributed by atoms with E-state index < -0.39 is 6.04 Å². The van der Waals surface area contributed by atoms with E-state index in [1.165, 1.54) is 0 Å². The monoisotopic (exact) mass is 568 g/mol. The zero-order valence-corrected chi connectivity index (χ0v) is 24.4. The minimum absolute atomic E-state index is 0.103. The van der Waals surface area contributed by atoms with Crippen LogP contribution in [0.25, 0.3) is 5.69 Å². The summed E-state index contributed by atoms with van der Waals surface area (Å²) < 4.78 is 18.2. The molecule has 1 aromatic heterocycles. The van der Waals surface area contributed by atoms with E-state index in [2.05, 4.69) is 16.8 Å². The molecule has 1 aliphatic rings. The molecule has 218 valence electrons. The van der Waals surface area contributed by atoms with Crippen LogP contribution in [0.2, 0.25) is 0 Å². The molecule has 9 heteroatoms. The first-order valence-electron chi connectivity index (χ1n) is 14.0. The number of hydrogen-bond acceptors (Lipinski definition) is 5. The number of nitrogens with zero attached hydrogens (tertiary/aromatic N) is 3. The lowest BCUT2D eigenvalue weighted by Crippen LogP contribution is -2.48. The van der Waals surface area contributed by atoms with Crippen LogP contribution in [0.5, 0.6) is 17.2 Å². The van der Waals surface area contributed by atoms with Crippen LogP contribution in [0, 0.1) is 0 Å². The van der Waals surface area contributed by atoms with Gasteiger partial charge < -0.3 is 29.0 Å². The van der Waals surface area contributed by atoms with Gasteiger partial charge in [-0.1, -0.05) is 37.6 Å². The van der Waals surface area contributed by atoms with Gasteiger partial charge in [-0.05, 0) is 48.4 Å². The number of unbranched alkanes of at least 4 members (excludes halogenated alkanes) is 1. The van der Waals surface area contributed by atoms with E-state index in [9.17, 15) is 9.59 Å². The zero-order valence-electron chi connectivity index (χ0n) is 24.4. The molecule has 3 aromatic carbocycles. The molecule has 2 heterocycles. The maximum Gasteiger partial charge on any atom is 0.322 e. The number of hydrogen-bond donors (Lipinski definition) is 1. The molecule has 42 heavy (non-hydrogen) atoms. The van der Waals surface area contributed by atoms with E-state index in [0.29, 0.717) is 23.7 Å². The van der Waals surface area contributed by atoms with E-state index in [0.717, 1.165) is 41.2 Å². The van der Waals surface area contributed by atoms with Crippen molar-refractivity contribution >= 4 is 23.3 Å². The summed E-state index contributed by atoms with van der Waals surface area (Å²) in [6.07, 6.45) is 3.64. The molecule has 0 saturated heterocycles. The first-order chi connectivity index (χ1) is 20.5. The number of rotatable bonds is 10. The van der Waals surface area contributed by atoms with Gasteiger partial charge in [-0.2, -0.15) is 0 Å². The first-order valence-corrected chi connectivity index (χ1v) is 14.0. The SMILES string of the molecule is CCCCN(CC(=O)N1c2ccccc2-n2cccc2C1c1ccc(OC)cc1)C(=O)Nc1cc(OC)cc(OC)c1. The van der Waals surface area contributed by atoms with Crippen LogP contribution in [0.4, 0.5) is 16.2 Å². The molecule has 1 unspecified atom stereocenters. The van der Waals surface area contributed by atoms with Crippen LogP contribution < -0.4 is 24.4 Å². The zero-order chi connectivity index (χ0) is 29.6. The van der Waals surface area contributed by atoms with Crippen molar-refractivity contribution in [3.63, 3.8) is 0 Å². The number of benzene rings is 3. The summed E-state index contributed by atoms with van der Waals surface area (Å²) in [6.45, 7) is 2.38. The highest BCUT2D eigenvalue weighted by Gasteiger charge is 2.37. The summed E-state index contributed by atoms with van der Waals surface area (Å²) in [5, 5.41) is 2.93. The largest absolute Gasteiger partial charge is 0.497 e. The van der Waals surface area contributed by atoms with Crippen LogP contribution in [0.1, 0.15) is 37.1 Å².